The summed E-state index contributed by atoms with van der Waals surface area (Å²) in [6.07, 6.45) is 2.66. The molecule has 6 N–H and O–H groups in total. The van der Waals surface area contributed by atoms with Crippen molar-refractivity contribution in [2.75, 3.05) is 6.61 Å². The summed E-state index contributed by atoms with van der Waals surface area (Å²) in [4.78, 5) is 21.4. The smallest absolute Gasteiger partial charge is 0.217 e. The standard InChI is InChI=1S/C17H26FN3O3/c1-11-8-12(4-2-3-5-15(20)22)17(18)14(9-11)24-10-13(19)6-7-16(21)23/h8-9,13H,2-7,10,19H2,1H3,(H2,20,22)(H2,21,23)/t13-/m0/s1. The van der Waals surface area contributed by atoms with Crippen molar-refractivity contribution in [2.45, 2.75) is 51.5 Å². The monoisotopic (exact) mass is 339 g/mol. The second kappa shape index (κ2) is 9.87. The first-order valence-corrected chi connectivity index (χ1v) is 8.03. The number of benzene rings is 1. The van der Waals surface area contributed by atoms with Crippen LogP contribution < -0.4 is 21.9 Å². The number of ether oxygens (including phenoxy) is 1. The number of nitrogens with two attached hydrogens (primary N) is 3. The molecule has 1 rings (SSSR count). The average molecular weight is 339 g/mol. The maximum atomic E-state index is 14.5. The minimum absolute atomic E-state index is 0.106. The fourth-order valence-corrected chi connectivity index (χ4v) is 2.32. The third kappa shape index (κ3) is 7.41. The molecule has 24 heavy (non-hydrogen) atoms. The van der Waals surface area contributed by atoms with E-state index in [9.17, 15) is 14.0 Å². The van der Waals surface area contributed by atoms with Gasteiger partial charge in [-0.15, -0.1) is 0 Å². The Kier molecular flexibility index (Phi) is 8.18. The number of hydrogen-bond donors (Lipinski definition) is 3. The fourth-order valence-electron chi connectivity index (χ4n) is 2.32. The van der Waals surface area contributed by atoms with E-state index >= 15 is 0 Å². The number of carbonyl (C=O) groups excluding carboxylic acids is 2. The summed E-state index contributed by atoms with van der Waals surface area (Å²) in [5.41, 5.74) is 17.4. The van der Waals surface area contributed by atoms with Gasteiger partial charge in [0.15, 0.2) is 11.6 Å². The largest absolute Gasteiger partial charge is 0.489 e. The average Bonchev–Trinajstić information content (AvgIpc) is 2.50. The van der Waals surface area contributed by atoms with Gasteiger partial charge in [0, 0.05) is 18.9 Å². The summed E-state index contributed by atoms with van der Waals surface area (Å²) in [6.45, 7) is 1.96. The Morgan fingerprint density at radius 1 is 1.17 bits per heavy atom. The van der Waals surface area contributed by atoms with Crippen LogP contribution in [0.2, 0.25) is 0 Å². The number of aryl methyl sites for hydroxylation is 2. The molecule has 0 heterocycles. The molecule has 0 fully saturated rings. The van der Waals surface area contributed by atoms with Gasteiger partial charge in [0.25, 0.3) is 0 Å². The lowest BCUT2D eigenvalue weighted by Gasteiger charge is -2.15. The third-order valence-corrected chi connectivity index (χ3v) is 3.59. The summed E-state index contributed by atoms with van der Waals surface area (Å²) < 4.78 is 19.9. The molecule has 0 unspecified atom stereocenters. The van der Waals surface area contributed by atoms with Crippen molar-refractivity contribution in [3.63, 3.8) is 0 Å². The van der Waals surface area contributed by atoms with Crippen LogP contribution in [0.4, 0.5) is 4.39 Å². The summed E-state index contributed by atoms with van der Waals surface area (Å²) >= 11 is 0. The maximum Gasteiger partial charge on any atom is 0.217 e. The molecule has 0 saturated carbocycles. The molecule has 1 aromatic rings. The van der Waals surface area contributed by atoms with E-state index in [1.807, 2.05) is 6.92 Å². The SMILES string of the molecule is Cc1cc(CCCCC(N)=O)c(F)c(OC[C@@H](N)CCC(N)=O)c1. The van der Waals surface area contributed by atoms with Crippen molar-refractivity contribution >= 4 is 11.8 Å². The van der Waals surface area contributed by atoms with E-state index in [-0.39, 0.29) is 24.7 Å². The number of primary amides is 2. The van der Waals surface area contributed by atoms with Gasteiger partial charge >= 0.3 is 0 Å². The lowest BCUT2D eigenvalue weighted by Crippen LogP contribution is -2.29. The normalized spacial score (nSPS) is 12.0. The lowest BCUT2D eigenvalue weighted by molar-refractivity contribution is -0.119. The molecule has 0 bridgehead atoms. The summed E-state index contributed by atoms with van der Waals surface area (Å²) in [5.74, 6) is -1.05. The van der Waals surface area contributed by atoms with Crippen LogP contribution in [0, 0.1) is 12.7 Å². The Morgan fingerprint density at radius 2 is 1.83 bits per heavy atom. The minimum atomic E-state index is -0.426. The summed E-state index contributed by atoms with van der Waals surface area (Å²) in [5, 5.41) is 0. The van der Waals surface area contributed by atoms with E-state index in [0.29, 0.717) is 37.7 Å². The Morgan fingerprint density at radius 3 is 2.46 bits per heavy atom. The van der Waals surface area contributed by atoms with Gasteiger partial charge in [-0.3, -0.25) is 9.59 Å². The number of carbonyl (C=O) groups is 2. The highest BCUT2D eigenvalue weighted by atomic mass is 19.1. The number of unbranched alkanes of at least 4 members (excludes halogenated alkanes) is 1. The summed E-state index contributed by atoms with van der Waals surface area (Å²) in [6, 6.07) is 2.99. The number of rotatable bonds is 11. The molecule has 0 spiro atoms. The molecule has 2 amide bonds. The molecular weight excluding hydrogens is 313 g/mol. The molecule has 1 aromatic carbocycles. The van der Waals surface area contributed by atoms with Crippen molar-refractivity contribution in [1.29, 1.82) is 0 Å². The molecule has 0 aliphatic rings. The van der Waals surface area contributed by atoms with Gasteiger partial charge in [0.1, 0.15) is 6.61 Å². The first-order chi connectivity index (χ1) is 11.3. The van der Waals surface area contributed by atoms with E-state index in [1.165, 1.54) is 0 Å². The van der Waals surface area contributed by atoms with Crippen LogP contribution in [-0.4, -0.2) is 24.5 Å². The van der Waals surface area contributed by atoms with Crippen LogP contribution in [0.5, 0.6) is 5.75 Å². The third-order valence-electron chi connectivity index (χ3n) is 3.59. The quantitative estimate of drug-likeness (QED) is 0.526. The Bertz CT molecular complexity index is 578. The zero-order chi connectivity index (χ0) is 18.1. The molecule has 134 valence electrons. The first-order valence-electron chi connectivity index (χ1n) is 8.03. The second-order valence-electron chi connectivity index (χ2n) is 5.99. The van der Waals surface area contributed by atoms with Gasteiger partial charge in [-0.25, -0.2) is 4.39 Å². The molecule has 0 radical (unpaired) electrons. The van der Waals surface area contributed by atoms with Crippen LogP contribution in [-0.2, 0) is 16.0 Å². The van der Waals surface area contributed by atoms with Crippen molar-refractivity contribution in [3.05, 3.63) is 29.1 Å². The highest BCUT2D eigenvalue weighted by Gasteiger charge is 2.13. The van der Waals surface area contributed by atoms with Gasteiger partial charge in [-0.05, 0) is 49.8 Å². The Labute approximate surface area is 141 Å². The van der Waals surface area contributed by atoms with E-state index in [1.54, 1.807) is 12.1 Å². The van der Waals surface area contributed by atoms with E-state index in [0.717, 1.165) is 5.56 Å². The molecule has 0 aliphatic carbocycles. The number of amides is 2. The van der Waals surface area contributed by atoms with Crippen molar-refractivity contribution in [2.24, 2.45) is 17.2 Å². The van der Waals surface area contributed by atoms with Crippen LogP contribution in [0.3, 0.4) is 0 Å². The molecule has 0 aromatic heterocycles. The number of halogens is 1. The molecular formula is C17H26FN3O3. The topological polar surface area (TPSA) is 121 Å². The lowest BCUT2D eigenvalue weighted by atomic mass is 10.0. The van der Waals surface area contributed by atoms with Crippen molar-refractivity contribution < 1.29 is 18.7 Å². The van der Waals surface area contributed by atoms with Gasteiger partial charge in [-0.1, -0.05) is 6.07 Å². The molecule has 7 heteroatoms. The highest BCUT2D eigenvalue weighted by molar-refractivity contribution is 5.73. The van der Waals surface area contributed by atoms with Crippen LogP contribution in [0.25, 0.3) is 0 Å². The van der Waals surface area contributed by atoms with Gasteiger partial charge in [0.2, 0.25) is 11.8 Å². The van der Waals surface area contributed by atoms with Gasteiger partial charge in [0.05, 0.1) is 0 Å². The number of hydrogen-bond acceptors (Lipinski definition) is 4. The molecule has 0 aliphatic heterocycles. The Balaban J connectivity index is 2.61. The van der Waals surface area contributed by atoms with Crippen molar-refractivity contribution in [3.8, 4) is 5.75 Å². The predicted octanol–water partition coefficient (Wildman–Crippen LogP) is 1.30. The molecule has 1 atom stereocenters. The van der Waals surface area contributed by atoms with Crippen molar-refractivity contribution in [1.82, 2.24) is 0 Å². The second-order valence-corrected chi connectivity index (χ2v) is 5.99. The summed E-state index contributed by atoms with van der Waals surface area (Å²) in [7, 11) is 0. The van der Waals surface area contributed by atoms with E-state index in [2.05, 4.69) is 0 Å². The zero-order valence-electron chi connectivity index (χ0n) is 14.0. The maximum absolute atomic E-state index is 14.5. The minimum Gasteiger partial charge on any atom is -0.489 e. The van der Waals surface area contributed by atoms with Gasteiger partial charge < -0.3 is 21.9 Å². The van der Waals surface area contributed by atoms with E-state index in [4.69, 9.17) is 21.9 Å². The zero-order valence-corrected chi connectivity index (χ0v) is 14.0. The van der Waals surface area contributed by atoms with Crippen LogP contribution in [0.15, 0.2) is 12.1 Å². The van der Waals surface area contributed by atoms with Gasteiger partial charge in [-0.2, -0.15) is 0 Å². The Hall–Kier alpha value is -2.15. The predicted molar refractivity (Wildman–Crippen MR) is 89.8 cm³/mol. The fraction of sp³-hybridized carbons (Fsp3) is 0.529. The van der Waals surface area contributed by atoms with Crippen LogP contribution >= 0.6 is 0 Å². The molecule has 6 nitrogen and oxygen atoms in total. The van der Waals surface area contributed by atoms with Crippen LogP contribution in [0.1, 0.15) is 43.2 Å². The molecule has 0 saturated heterocycles. The highest BCUT2D eigenvalue weighted by Crippen LogP contribution is 2.24. The first kappa shape index (κ1) is 19.9. The van der Waals surface area contributed by atoms with E-state index < -0.39 is 17.8 Å².